The predicted octanol–water partition coefficient (Wildman–Crippen LogP) is 0.277. The highest BCUT2D eigenvalue weighted by Crippen LogP contribution is 1.94. The summed E-state index contributed by atoms with van der Waals surface area (Å²) in [4.78, 5) is 0. The second-order valence-electron chi connectivity index (χ2n) is 3.42. The molecule has 0 saturated carbocycles. The number of rotatable bonds is 5. The Hall–Kier alpha value is -0.680. The Morgan fingerprint density at radius 1 is 1.71 bits per heavy atom. The largest absolute Gasteiger partial charge is 0.310 e. The van der Waals surface area contributed by atoms with E-state index in [0.29, 0.717) is 0 Å². The zero-order valence-corrected chi connectivity index (χ0v) is 9.67. The van der Waals surface area contributed by atoms with Gasteiger partial charge in [-0.05, 0) is 13.0 Å². The molecule has 5 heteroatoms. The molecule has 2 unspecified atom stereocenters. The van der Waals surface area contributed by atoms with Gasteiger partial charge in [-0.25, -0.2) is 0 Å². The lowest BCUT2D eigenvalue weighted by atomic mass is 10.4. The van der Waals surface area contributed by atoms with E-state index in [-0.39, 0.29) is 5.25 Å². The van der Waals surface area contributed by atoms with Gasteiger partial charge in [0.25, 0.3) is 0 Å². The van der Waals surface area contributed by atoms with Crippen LogP contribution in [0.4, 0.5) is 0 Å². The molecule has 80 valence electrons. The molecule has 0 aliphatic carbocycles. The van der Waals surface area contributed by atoms with E-state index in [0.717, 1.165) is 18.8 Å². The van der Waals surface area contributed by atoms with E-state index >= 15 is 0 Å². The van der Waals surface area contributed by atoms with E-state index in [1.807, 2.05) is 26.2 Å². The summed E-state index contributed by atoms with van der Waals surface area (Å²) in [5.74, 6) is 0. The molecule has 0 spiro atoms. The first-order chi connectivity index (χ1) is 6.59. The van der Waals surface area contributed by atoms with Crippen molar-refractivity contribution in [2.45, 2.75) is 18.7 Å². The number of hydrogen-bond acceptors (Lipinski definition) is 3. The number of aryl methyl sites for hydroxylation is 1. The molecule has 14 heavy (non-hydrogen) atoms. The molecule has 1 aromatic heterocycles. The fourth-order valence-corrected chi connectivity index (χ4v) is 1.43. The molecule has 0 aliphatic rings. The van der Waals surface area contributed by atoms with Gasteiger partial charge in [0.2, 0.25) is 0 Å². The Kier molecular flexibility index (Phi) is 4.28. The fourth-order valence-electron chi connectivity index (χ4n) is 1.08. The lowest BCUT2D eigenvalue weighted by Crippen LogP contribution is -2.27. The molecule has 4 nitrogen and oxygen atoms in total. The predicted molar refractivity (Wildman–Crippen MR) is 58.4 cm³/mol. The lowest BCUT2D eigenvalue weighted by molar-refractivity contribution is 0.633. The molecular weight excluding hydrogens is 198 g/mol. The Morgan fingerprint density at radius 3 is 2.93 bits per heavy atom. The van der Waals surface area contributed by atoms with Crippen LogP contribution in [0.5, 0.6) is 0 Å². The van der Waals surface area contributed by atoms with Gasteiger partial charge in [-0.2, -0.15) is 5.10 Å². The summed E-state index contributed by atoms with van der Waals surface area (Å²) in [6, 6.07) is 1.97. The van der Waals surface area contributed by atoms with Gasteiger partial charge in [-0.3, -0.25) is 8.89 Å². The van der Waals surface area contributed by atoms with Crippen LogP contribution < -0.4 is 5.32 Å². The van der Waals surface area contributed by atoms with Crippen molar-refractivity contribution >= 4 is 10.8 Å². The van der Waals surface area contributed by atoms with Crippen LogP contribution in [-0.4, -0.2) is 32.0 Å². The second kappa shape index (κ2) is 5.26. The topological polar surface area (TPSA) is 46.9 Å². The molecule has 0 radical (unpaired) electrons. The van der Waals surface area contributed by atoms with Crippen molar-refractivity contribution in [1.29, 1.82) is 0 Å². The zero-order valence-electron chi connectivity index (χ0n) is 8.86. The Bertz CT molecular complexity index is 311. The second-order valence-corrected chi connectivity index (χ2v) is 5.22. The molecule has 0 amide bonds. The van der Waals surface area contributed by atoms with Gasteiger partial charge in [0.15, 0.2) is 0 Å². The first kappa shape index (κ1) is 11.4. The Balaban J connectivity index is 2.25. The third-order valence-corrected chi connectivity index (χ3v) is 3.37. The van der Waals surface area contributed by atoms with Crippen LogP contribution in [0.3, 0.4) is 0 Å². The molecule has 0 bridgehead atoms. The standard InChI is InChI=1S/C9H17N3OS/c1-8(14(3)13)6-10-7-9-4-5-12(2)11-9/h4-5,8,10H,6-7H2,1-3H3. The summed E-state index contributed by atoms with van der Waals surface area (Å²) in [6.45, 7) is 3.48. The average molecular weight is 215 g/mol. The number of nitrogens with zero attached hydrogens (tertiary/aromatic N) is 2. The maximum absolute atomic E-state index is 11.0. The summed E-state index contributed by atoms with van der Waals surface area (Å²) in [7, 11) is 1.14. The average Bonchev–Trinajstić information content (AvgIpc) is 2.51. The first-order valence-electron chi connectivity index (χ1n) is 4.61. The summed E-state index contributed by atoms with van der Waals surface area (Å²) < 4.78 is 12.8. The first-order valence-corrected chi connectivity index (χ1v) is 6.23. The summed E-state index contributed by atoms with van der Waals surface area (Å²) in [6.07, 6.45) is 3.64. The van der Waals surface area contributed by atoms with Gasteiger partial charge in [-0.1, -0.05) is 0 Å². The smallest absolute Gasteiger partial charge is 0.0762 e. The third-order valence-electron chi connectivity index (χ3n) is 2.07. The highest BCUT2D eigenvalue weighted by Gasteiger charge is 2.05. The van der Waals surface area contributed by atoms with Crippen LogP contribution in [0.25, 0.3) is 0 Å². The Labute approximate surface area is 87.2 Å². The number of hydrogen-bond donors (Lipinski definition) is 1. The van der Waals surface area contributed by atoms with Gasteiger partial charge < -0.3 is 5.32 Å². The Morgan fingerprint density at radius 2 is 2.43 bits per heavy atom. The SMILES string of the molecule is CC(CNCc1ccn(C)n1)S(C)=O. The fraction of sp³-hybridized carbons (Fsp3) is 0.667. The van der Waals surface area contributed by atoms with Crippen molar-refractivity contribution in [2.75, 3.05) is 12.8 Å². The molecule has 1 aromatic rings. The maximum Gasteiger partial charge on any atom is 0.0762 e. The molecule has 0 aromatic carbocycles. The summed E-state index contributed by atoms with van der Waals surface area (Å²) >= 11 is 0. The van der Waals surface area contributed by atoms with Crippen molar-refractivity contribution in [2.24, 2.45) is 7.05 Å². The summed E-state index contributed by atoms with van der Waals surface area (Å²) in [5.41, 5.74) is 1.02. The van der Waals surface area contributed by atoms with Gasteiger partial charge in [0.1, 0.15) is 0 Å². The van der Waals surface area contributed by atoms with Gasteiger partial charge in [0.05, 0.1) is 5.69 Å². The molecule has 2 atom stereocenters. The molecule has 1 heterocycles. The van der Waals surface area contributed by atoms with Crippen LogP contribution >= 0.6 is 0 Å². The quantitative estimate of drug-likeness (QED) is 0.767. The van der Waals surface area contributed by atoms with E-state index in [1.54, 1.807) is 10.9 Å². The van der Waals surface area contributed by atoms with Crippen LogP contribution in [0.15, 0.2) is 12.3 Å². The highest BCUT2D eigenvalue weighted by molar-refractivity contribution is 7.84. The van der Waals surface area contributed by atoms with Crippen molar-refractivity contribution in [3.05, 3.63) is 18.0 Å². The monoisotopic (exact) mass is 215 g/mol. The zero-order chi connectivity index (χ0) is 10.6. The van der Waals surface area contributed by atoms with Crippen molar-refractivity contribution in [1.82, 2.24) is 15.1 Å². The van der Waals surface area contributed by atoms with E-state index in [1.165, 1.54) is 0 Å². The molecule has 1 N–H and O–H groups in total. The molecule has 1 rings (SSSR count). The van der Waals surface area contributed by atoms with E-state index in [4.69, 9.17) is 0 Å². The van der Waals surface area contributed by atoms with Gasteiger partial charge in [0, 0.05) is 48.6 Å². The number of nitrogens with one attached hydrogen (secondary N) is 1. The highest BCUT2D eigenvalue weighted by atomic mass is 32.2. The molecule has 0 fully saturated rings. The van der Waals surface area contributed by atoms with Crippen molar-refractivity contribution in [3.63, 3.8) is 0 Å². The van der Waals surface area contributed by atoms with Crippen molar-refractivity contribution in [3.8, 4) is 0 Å². The van der Waals surface area contributed by atoms with Crippen LogP contribution in [0.1, 0.15) is 12.6 Å². The minimum Gasteiger partial charge on any atom is -0.310 e. The minimum absolute atomic E-state index is 0.193. The lowest BCUT2D eigenvalue weighted by Gasteiger charge is -2.08. The van der Waals surface area contributed by atoms with Crippen LogP contribution in [-0.2, 0) is 24.4 Å². The van der Waals surface area contributed by atoms with Gasteiger partial charge in [-0.15, -0.1) is 0 Å². The van der Waals surface area contributed by atoms with Gasteiger partial charge >= 0.3 is 0 Å². The minimum atomic E-state index is -0.751. The number of aromatic nitrogens is 2. The molecule has 0 saturated heterocycles. The van der Waals surface area contributed by atoms with E-state index < -0.39 is 10.8 Å². The maximum atomic E-state index is 11.0. The van der Waals surface area contributed by atoms with Crippen LogP contribution in [0, 0.1) is 0 Å². The van der Waals surface area contributed by atoms with Crippen LogP contribution in [0.2, 0.25) is 0 Å². The normalized spacial score (nSPS) is 15.4. The van der Waals surface area contributed by atoms with E-state index in [2.05, 4.69) is 10.4 Å². The third kappa shape index (κ3) is 3.59. The molecule has 0 aliphatic heterocycles. The van der Waals surface area contributed by atoms with E-state index in [9.17, 15) is 4.21 Å². The van der Waals surface area contributed by atoms with Crippen molar-refractivity contribution < 1.29 is 4.21 Å². The summed E-state index contributed by atoms with van der Waals surface area (Å²) in [5, 5.41) is 7.65. The molecular formula is C9H17N3OS.